The number of nitrogens with one attached hydrogen (secondary N) is 2. The summed E-state index contributed by atoms with van der Waals surface area (Å²) in [5.74, 6) is -0.0159. The van der Waals surface area contributed by atoms with Gasteiger partial charge in [0.1, 0.15) is 6.17 Å². The van der Waals surface area contributed by atoms with Crippen LogP contribution >= 0.6 is 23.5 Å². The molecule has 4 unspecified atom stereocenters. The Labute approximate surface area is 195 Å². The number of hydrogen-bond donors (Lipinski definition) is 2. The number of benzene rings is 2. The number of amides is 2. The molecule has 2 aromatic carbocycles. The van der Waals surface area contributed by atoms with Crippen LogP contribution < -0.4 is 5.32 Å². The number of piperazine rings is 1. The van der Waals surface area contributed by atoms with E-state index in [1.54, 1.807) is 11.9 Å². The summed E-state index contributed by atoms with van der Waals surface area (Å²) in [6.07, 6.45) is 6.08. The zero-order valence-corrected chi connectivity index (χ0v) is 19.7. The molecule has 3 aliphatic heterocycles. The quantitative estimate of drug-likeness (QED) is 0.619. The number of anilines is 1. The Morgan fingerprint density at radius 3 is 2.56 bits per heavy atom. The van der Waals surface area contributed by atoms with Crippen LogP contribution in [0.2, 0.25) is 0 Å². The number of thioether (sulfide) groups is 2. The summed E-state index contributed by atoms with van der Waals surface area (Å²) in [5, 5.41) is 4.26. The van der Waals surface area contributed by atoms with Crippen LogP contribution in [0.15, 0.2) is 54.7 Å². The van der Waals surface area contributed by atoms with E-state index in [2.05, 4.69) is 40.8 Å². The van der Waals surface area contributed by atoms with Crippen LogP contribution in [-0.4, -0.2) is 62.6 Å². The number of nitrogens with zero attached hydrogens (tertiary/aromatic N) is 2. The third-order valence-corrected chi connectivity index (χ3v) is 9.57. The van der Waals surface area contributed by atoms with E-state index in [-0.39, 0.29) is 18.0 Å². The number of H-pyrrole nitrogens is 1. The van der Waals surface area contributed by atoms with Gasteiger partial charge in [0.2, 0.25) is 0 Å². The van der Waals surface area contributed by atoms with Crippen LogP contribution in [0.4, 0.5) is 5.69 Å². The van der Waals surface area contributed by atoms with Gasteiger partial charge < -0.3 is 15.2 Å². The Kier molecular flexibility index (Phi) is 4.21. The fourth-order valence-corrected chi connectivity index (χ4v) is 7.87. The Hall–Kier alpha value is -2.58. The maximum Gasteiger partial charge on any atom is 0.260 e. The molecule has 164 valence electrons. The summed E-state index contributed by atoms with van der Waals surface area (Å²) in [4.78, 5) is 33.7. The molecule has 2 N–H and O–H groups in total. The second-order valence-corrected chi connectivity index (χ2v) is 10.7. The molecule has 3 aromatic rings. The Morgan fingerprint density at radius 1 is 1.03 bits per heavy atom. The molecule has 8 heteroatoms. The summed E-state index contributed by atoms with van der Waals surface area (Å²) in [5.41, 5.74) is 3.81. The average Bonchev–Trinajstić information content (AvgIpc) is 3.46. The molecule has 4 heterocycles. The molecule has 0 radical (unpaired) electrons. The summed E-state index contributed by atoms with van der Waals surface area (Å²) in [6, 6.07) is 16.5. The molecular formula is C24H24N4O2S2. The van der Waals surface area contributed by atoms with Crippen molar-refractivity contribution < 1.29 is 9.59 Å². The zero-order valence-electron chi connectivity index (χ0n) is 18.1. The molecule has 0 aliphatic carbocycles. The van der Waals surface area contributed by atoms with E-state index in [4.69, 9.17) is 0 Å². The van der Waals surface area contributed by atoms with Gasteiger partial charge >= 0.3 is 0 Å². The molecule has 0 spiro atoms. The lowest BCUT2D eigenvalue weighted by Crippen LogP contribution is -2.68. The molecule has 2 fully saturated rings. The smallest absolute Gasteiger partial charge is 0.260 e. The Bertz CT molecular complexity index is 1280. The SMILES string of the molecule is CSC1C(=O)N2C3Nc4ccccc4C3(c3c[nH]c4ccccc34)CC2(SC)C(=O)N1C. The van der Waals surface area contributed by atoms with Crippen molar-refractivity contribution in [1.82, 2.24) is 14.8 Å². The van der Waals surface area contributed by atoms with Crippen LogP contribution in [0.1, 0.15) is 17.5 Å². The normalized spacial score (nSPS) is 31.0. The van der Waals surface area contributed by atoms with Gasteiger partial charge in [0.25, 0.3) is 11.8 Å². The molecule has 6 nitrogen and oxygen atoms in total. The van der Waals surface area contributed by atoms with Gasteiger partial charge in [-0.05, 0) is 35.8 Å². The van der Waals surface area contributed by atoms with Crippen molar-refractivity contribution in [3.63, 3.8) is 0 Å². The number of hydrogen-bond acceptors (Lipinski definition) is 5. The van der Waals surface area contributed by atoms with Gasteiger partial charge in [-0.25, -0.2) is 0 Å². The maximum absolute atomic E-state index is 13.9. The van der Waals surface area contributed by atoms with Gasteiger partial charge in [-0.15, -0.1) is 23.5 Å². The highest BCUT2D eigenvalue weighted by atomic mass is 32.2. The first-order valence-corrected chi connectivity index (χ1v) is 13.1. The topological polar surface area (TPSA) is 68.4 Å². The van der Waals surface area contributed by atoms with Crippen LogP contribution in [0, 0.1) is 0 Å². The van der Waals surface area contributed by atoms with Crippen molar-refractivity contribution in [2.24, 2.45) is 0 Å². The second-order valence-electron chi connectivity index (χ2n) is 8.69. The number of para-hydroxylation sites is 2. The summed E-state index contributed by atoms with van der Waals surface area (Å²) in [6.45, 7) is 0. The monoisotopic (exact) mass is 464 g/mol. The minimum absolute atomic E-state index is 0.00292. The van der Waals surface area contributed by atoms with Gasteiger partial charge in [0.15, 0.2) is 10.2 Å². The first-order valence-electron chi connectivity index (χ1n) is 10.6. The molecule has 4 atom stereocenters. The van der Waals surface area contributed by atoms with Crippen molar-refractivity contribution >= 4 is 51.9 Å². The minimum Gasteiger partial charge on any atom is -0.364 e. The zero-order chi connectivity index (χ0) is 22.3. The maximum atomic E-state index is 13.9. The van der Waals surface area contributed by atoms with E-state index in [1.807, 2.05) is 41.7 Å². The number of aromatic nitrogens is 1. The molecule has 6 rings (SSSR count). The second kappa shape index (κ2) is 6.71. The number of carbonyl (C=O) groups excluding carboxylic acids is 2. The molecule has 2 amide bonds. The third-order valence-electron chi connectivity index (χ3n) is 7.42. The number of rotatable bonds is 3. The lowest BCUT2D eigenvalue weighted by Gasteiger charge is -2.48. The van der Waals surface area contributed by atoms with Gasteiger partial charge in [-0.1, -0.05) is 36.4 Å². The van der Waals surface area contributed by atoms with Gasteiger partial charge in [0.05, 0.1) is 5.41 Å². The fourth-order valence-electron chi connectivity index (χ4n) is 6.06. The molecule has 32 heavy (non-hydrogen) atoms. The van der Waals surface area contributed by atoms with E-state index >= 15 is 0 Å². The van der Waals surface area contributed by atoms with Gasteiger partial charge in [-0.3, -0.25) is 14.5 Å². The fraction of sp³-hybridized carbons (Fsp3) is 0.333. The van der Waals surface area contributed by atoms with E-state index in [1.165, 1.54) is 23.5 Å². The first-order chi connectivity index (χ1) is 15.5. The Balaban J connectivity index is 1.66. The van der Waals surface area contributed by atoms with Crippen molar-refractivity contribution in [1.29, 1.82) is 0 Å². The predicted octanol–water partition coefficient (Wildman–Crippen LogP) is 3.66. The van der Waals surface area contributed by atoms with Crippen LogP contribution in [0.5, 0.6) is 0 Å². The van der Waals surface area contributed by atoms with Crippen molar-refractivity contribution in [2.45, 2.75) is 28.2 Å². The van der Waals surface area contributed by atoms with E-state index in [0.717, 1.165) is 27.7 Å². The molecule has 0 saturated carbocycles. The van der Waals surface area contributed by atoms with Crippen LogP contribution in [0.3, 0.4) is 0 Å². The standard InChI is InChI=1S/C24H24N4O2S2/c1-27-20(31-2)19(29)28-21-23(13-24(28,32-3)22(27)30,15-9-5-7-11-18(15)26-21)16-12-25-17-10-6-4-8-14(16)17/h4-12,20-21,25-26H,13H2,1-3H3. The number of carbonyl (C=O) groups is 2. The van der Waals surface area contributed by atoms with E-state index in [9.17, 15) is 9.59 Å². The van der Waals surface area contributed by atoms with Crippen molar-refractivity contribution in [3.8, 4) is 0 Å². The van der Waals surface area contributed by atoms with E-state index < -0.39 is 15.7 Å². The molecule has 0 bridgehead atoms. The number of fused-ring (bicyclic) bond motifs is 6. The summed E-state index contributed by atoms with van der Waals surface area (Å²) in [7, 11) is 1.75. The van der Waals surface area contributed by atoms with Crippen molar-refractivity contribution in [3.05, 3.63) is 65.9 Å². The van der Waals surface area contributed by atoms with Crippen LogP contribution in [0.25, 0.3) is 10.9 Å². The predicted molar refractivity (Wildman–Crippen MR) is 131 cm³/mol. The third kappa shape index (κ3) is 2.19. The highest BCUT2D eigenvalue weighted by molar-refractivity contribution is 8.01. The average molecular weight is 465 g/mol. The highest BCUT2D eigenvalue weighted by Crippen LogP contribution is 2.62. The Morgan fingerprint density at radius 2 is 1.78 bits per heavy atom. The lowest BCUT2D eigenvalue weighted by molar-refractivity contribution is -0.157. The summed E-state index contributed by atoms with van der Waals surface area (Å²) >= 11 is 2.89. The lowest BCUT2D eigenvalue weighted by atomic mass is 9.72. The number of aromatic amines is 1. The molecule has 2 saturated heterocycles. The minimum atomic E-state index is -0.957. The molecule has 3 aliphatic rings. The number of likely N-dealkylation sites (N-methyl/N-ethyl adjacent to an activating group) is 1. The molecular weight excluding hydrogens is 440 g/mol. The van der Waals surface area contributed by atoms with Crippen molar-refractivity contribution in [2.75, 3.05) is 24.9 Å². The summed E-state index contributed by atoms with van der Waals surface area (Å²) < 4.78 is 0. The van der Waals surface area contributed by atoms with Gasteiger partial charge in [-0.2, -0.15) is 0 Å². The first kappa shape index (κ1) is 20.1. The van der Waals surface area contributed by atoms with E-state index in [0.29, 0.717) is 6.42 Å². The molecule has 1 aromatic heterocycles. The highest BCUT2D eigenvalue weighted by Gasteiger charge is 2.71. The van der Waals surface area contributed by atoms with Crippen LogP contribution in [-0.2, 0) is 15.0 Å². The van der Waals surface area contributed by atoms with Gasteiger partial charge in [0, 0.05) is 36.3 Å². The largest absolute Gasteiger partial charge is 0.364 e.